The van der Waals surface area contributed by atoms with Gasteiger partial charge in [-0.2, -0.15) is 0 Å². The molecule has 0 unspecified atom stereocenters. The molecular formula is C12H13N3O3. The van der Waals surface area contributed by atoms with Gasteiger partial charge in [0.2, 0.25) is 0 Å². The monoisotopic (exact) mass is 247 g/mol. The summed E-state index contributed by atoms with van der Waals surface area (Å²) in [6, 6.07) is 7.43. The van der Waals surface area contributed by atoms with Crippen molar-refractivity contribution in [1.29, 1.82) is 0 Å². The number of ether oxygens (including phenoxy) is 1. The fraction of sp³-hybridized carbons (Fsp3) is 0.250. The van der Waals surface area contributed by atoms with Gasteiger partial charge in [-0.05, 0) is 19.1 Å². The summed E-state index contributed by atoms with van der Waals surface area (Å²) in [4.78, 5) is 10.5. The number of nitrogens with zero attached hydrogens (tertiary/aromatic N) is 3. The molecule has 0 bridgehead atoms. The van der Waals surface area contributed by atoms with Gasteiger partial charge in [0, 0.05) is 5.56 Å². The number of carboxylic acid groups (broad SMARTS) is 1. The van der Waals surface area contributed by atoms with Crippen LogP contribution in [0.2, 0.25) is 0 Å². The van der Waals surface area contributed by atoms with Crippen LogP contribution in [0.15, 0.2) is 30.5 Å². The number of hydrogen-bond donors (Lipinski definition) is 1. The van der Waals surface area contributed by atoms with Crippen molar-refractivity contribution in [1.82, 2.24) is 15.0 Å². The van der Waals surface area contributed by atoms with Crippen LogP contribution in [0.4, 0.5) is 0 Å². The smallest absolute Gasteiger partial charge is 0.325 e. The van der Waals surface area contributed by atoms with Gasteiger partial charge in [0.05, 0.1) is 12.8 Å². The summed E-state index contributed by atoms with van der Waals surface area (Å²) >= 11 is 0. The van der Waals surface area contributed by atoms with Crippen LogP contribution >= 0.6 is 0 Å². The second-order valence-electron chi connectivity index (χ2n) is 3.66. The number of benzene rings is 1. The van der Waals surface area contributed by atoms with Crippen molar-refractivity contribution < 1.29 is 14.6 Å². The lowest BCUT2D eigenvalue weighted by molar-refractivity contribution is -0.137. The van der Waals surface area contributed by atoms with Crippen LogP contribution in [0.5, 0.6) is 5.75 Å². The van der Waals surface area contributed by atoms with Gasteiger partial charge in [0.1, 0.15) is 18.0 Å². The molecule has 0 radical (unpaired) electrons. The largest absolute Gasteiger partial charge is 0.494 e. The van der Waals surface area contributed by atoms with Crippen molar-refractivity contribution in [3.8, 4) is 17.0 Å². The molecular weight excluding hydrogens is 234 g/mol. The van der Waals surface area contributed by atoms with Crippen molar-refractivity contribution >= 4 is 5.97 Å². The first-order valence-electron chi connectivity index (χ1n) is 5.54. The fourth-order valence-electron chi connectivity index (χ4n) is 1.56. The second-order valence-corrected chi connectivity index (χ2v) is 3.66. The number of aliphatic carboxylic acids is 1. The Labute approximate surface area is 104 Å². The lowest BCUT2D eigenvalue weighted by Crippen LogP contribution is -2.08. The highest BCUT2D eigenvalue weighted by Gasteiger charge is 2.07. The van der Waals surface area contributed by atoms with E-state index in [0.29, 0.717) is 12.3 Å². The molecule has 0 spiro atoms. The molecule has 0 amide bonds. The maximum Gasteiger partial charge on any atom is 0.325 e. The van der Waals surface area contributed by atoms with Crippen LogP contribution < -0.4 is 4.74 Å². The summed E-state index contributed by atoms with van der Waals surface area (Å²) in [6.45, 7) is 2.31. The first-order valence-corrected chi connectivity index (χ1v) is 5.54. The van der Waals surface area contributed by atoms with E-state index in [1.807, 2.05) is 31.2 Å². The summed E-state index contributed by atoms with van der Waals surface area (Å²) in [5.41, 5.74) is 1.47. The van der Waals surface area contributed by atoms with Gasteiger partial charge >= 0.3 is 5.97 Å². The normalized spacial score (nSPS) is 10.3. The second kappa shape index (κ2) is 5.31. The highest BCUT2D eigenvalue weighted by molar-refractivity contribution is 5.67. The van der Waals surface area contributed by atoms with Crippen molar-refractivity contribution in [3.63, 3.8) is 0 Å². The average molecular weight is 247 g/mol. The summed E-state index contributed by atoms with van der Waals surface area (Å²) in [5.74, 6) is -0.197. The first kappa shape index (κ1) is 12.1. The molecule has 94 valence electrons. The zero-order chi connectivity index (χ0) is 13.0. The Morgan fingerprint density at radius 3 is 3.06 bits per heavy atom. The molecule has 0 aliphatic rings. The lowest BCUT2D eigenvalue weighted by atomic mass is 10.1. The van der Waals surface area contributed by atoms with E-state index in [0.717, 1.165) is 11.3 Å². The fourth-order valence-corrected chi connectivity index (χ4v) is 1.56. The molecule has 2 rings (SSSR count). The molecule has 0 aliphatic heterocycles. The minimum Gasteiger partial charge on any atom is -0.494 e. The van der Waals surface area contributed by atoms with E-state index in [-0.39, 0.29) is 6.54 Å². The predicted octanol–water partition coefficient (Wildman–Crippen LogP) is 1.43. The van der Waals surface area contributed by atoms with Gasteiger partial charge in [-0.15, -0.1) is 5.10 Å². The highest BCUT2D eigenvalue weighted by Crippen LogP contribution is 2.21. The molecule has 1 heterocycles. The Morgan fingerprint density at radius 1 is 1.50 bits per heavy atom. The summed E-state index contributed by atoms with van der Waals surface area (Å²) < 4.78 is 6.67. The molecule has 6 heteroatoms. The zero-order valence-corrected chi connectivity index (χ0v) is 9.91. The topological polar surface area (TPSA) is 77.2 Å². The molecule has 0 aliphatic carbocycles. The zero-order valence-electron chi connectivity index (χ0n) is 9.91. The average Bonchev–Trinajstić information content (AvgIpc) is 2.77. The SMILES string of the molecule is CCOc1cccc(-c2cn(CC(=O)O)nn2)c1. The molecule has 6 nitrogen and oxygen atoms in total. The van der Waals surface area contributed by atoms with Gasteiger partial charge < -0.3 is 9.84 Å². The molecule has 0 fully saturated rings. The van der Waals surface area contributed by atoms with Crippen molar-refractivity contribution in [2.75, 3.05) is 6.61 Å². The summed E-state index contributed by atoms with van der Waals surface area (Å²) in [5, 5.41) is 16.3. The van der Waals surface area contributed by atoms with E-state index in [4.69, 9.17) is 9.84 Å². The van der Waals surface area contributed by atoms with Crippen LogP contribution in [0.3, 0.4) is 0 Å². The molecule has 2 aromatic rings. The standard InChI is InChI=1S/C12H13N3O3/c1-2-18-10-5-3-4-9(6-10)11-7-15(14-13-11)8-12(16)17/h3-7H,2,8H2,1H3,(H,16,17). The van der Waals surface area contributed by atoms with Gasteiger partial charge in [-0.25, -0.2) is 4.68 Å². The highest BCUT2D eigenvalue weighted by atomic mass is 16.5. The van der Waals surface area contributed by atoms with Crippen LogP contribution in [-0.4, -0.2) is 32.7 Å². The van der Waals surface area contributed by atoms with E-state index >= 15 is 0 Å². The predicted molar refractivity (Wildman–Crippen MR) is 64.3 cm³/mol. The number of carboxylic acids is 1. The molecule has 0 saturated heterocycles. The van der Waals surface area contributed by atoms with Crippen molar-refractivity contribution in [2.45, 2.75) is 13.5 Å². The van der Waals surface area contributed by atoms with Crippen LogP contribution in [-0.2, 0) is 11.3 Å². The molecule has 0 atom stereocenters. The Morgan fingerprint density at radius 2 is 2.33 bits per heavy atom. The Hall–Kier alpha value is -2.37. The van der Waals surface area contributed by atoms with E-state index in [1.54, 1.807) is 6.20 Å². The summed E-state index contributed by atoms with van der Waals surface area (Å²) in [7, 11) is 0. The molecule has 1 aromatic heterocycles. The van der Waals surface area contributed by atoms with Gasteiger partial charge in [-0.1, -0.05) is 17.3 Å². The van der Waals surface area contributed by atoms with E-state index < -0.39 is 5.97 Å². The maximum absolute atomic E-state index is 10.5. The Bertz CT molecular complexity index is 551. The number of rotatable bonds is 5. The number of carbonyl (C=O) groups is 1. The quantitative estimate of drug-likeness (QED) is 0.864. The molecule has 1 N–H and O–H groups in total. The Kier molecular flexibility index (Phi) is 3.57. The van der Waals surface area contributed by atoms with Crippen LogP contribution in [0.1, 0.15) is 6.92 Å². The van der Waals surface area contributed by atoms with E-state index in [2.05, 4.69) is 10.3 Å². The molecule has 1 aromatic carbocycles. The van der Waals surface area contributed by atoms with E-state index in [1.165, 1.54) is 4.68 Å². The number of hydrogen-bond acceptors (Lipinski definition) is 4. The lowest BCUT2D eigenvalue weighted by Gasteiger charge is -2.03. The van der Waals surface area contributed by atoms with Gasteiger partial charge in [0.15, 0.2) is 0 Å². The van der Waals surface area contributed by atoms with Gasteiger partial charge in [-0.3, -0.25) is 4.79 Å². The molecule has 18 heavy (non-hydrogen) atoms. The van der Waals surface area contributed by atoms with Crippen LogP contribution in [0.25, 0.3) is 11.3 Å². The minimum atomic E-state index is -0.950. The van der Waals surface area contributed by atoms with E-state index in [9.17, 15) is 4.79 Å². The van der Waals surface area contributed by atoms with Crippen molar-refractivity contribution in [3.05, 3.63) is 30.5 Å². The third-order valence-corrected chi connectivity index (χ3v) is 2.28. The third kappa shape index (κ3) is 2.85. The number of aromatic nitrogens is 3. The molecule has 0 saturated carbocycles. The summed E-state index contributed by atoms with van der Waals surface area (Å²) in [6.07, 6.45) is 1.60. The third-order valence-electron chi connectivity index (χ3n) is 2.28. The van der Waals surface area contributed by atoms with Gasteiger partial charge in [0.25, 0.3) is 0 Å². The van der Waals surface area contributed by atoms with Crippen molar-refractivity contribution in [2.24, 2.45) is 0 Å². The minimum absolute atomic E-state index is 0.196. The Balaban J connectivity index is 2.22. The first-order chi connectivity index (χ1) is 8.69. The van der Waals surface area contributed by atoms with Crippen LogP contribution in [0, 0.1) is 0 Å². The maximum atomic E-state index is 10.5.